The first-order valence-corrected chi connectivity index (χ1v) is 8.43. The second-order valence-corrected chi connectivity index (χ2v) is 6.22. The van der Waals surface area contributed by atoms with Crippen LogP contribution in [0.5, 0.6) is 5.75 Å². The van der Waals surface area contributed by atoms with Gasteiger partial charge in [-0.1, -0.05) is 6.07 Å². The van der Waals surface area contributed by atoms with E-state index in [0.717, 1.165) is 43.1 Å². The SMILES string of the molecule is COc1ccc(F)cc1[C@@H](C)NC1CCN(c2ccccn2)CC1. The molecule has 128 valence electrons. The quantitative estimate of drug-likeness (QED) is 0.910. The van der Waals surface area contributed by atoms with Gasteiger partial charge in [-0.25, -0.2) is 9.37 Å². The Balaban J connectivity index is 1.59. The summed E-state index contributed by atoms with van der Waals surface area (Å²) >= 11 is 0. The molecule has 0 amide bonds. The molecule has 1 aromatic heterocycles. The van der Waals surface area contributed by atoms with Crippen molar-refractivity contribution in [3.8, 4) is 5.75 Å². The van der Waals surface area contributed by atoms with Crippen molar-refractivity contribution < 1.29 is 9.13 Å². The molecule has 1 saturated heterocycles. The normalized spacial score (nSPS) is 16.9. The highest BCUT2D eigenvalue weighted by Crippen LogP contribution is 2.27. The van der Waals surface area contributed by atoms with E-state index in [4.69, 9.17) is 4.74 Å². The molecule has 0 bridgehead atoms. The number of halogens is 1. The zero-order valence-electron chi connectivity index (χ0n) is 14.2. The zero-order valence-corrected chi connectivity index (χ0v) is 14.2. The molecule has 1 aromatic carbocycles. The van der Waals surface area contributed by atoms with E-state index in [9.17, 15) is 4.39 Å². The van der Waals surface area contributed by atoms with Crippen LogP contribution in [0.1, 0.15) is 31.4 Å². The van der Waals surface area contributed by atoms with Gasteiger partial charge in [0.25, 0.3) is 0 Å². The third kappa shape index (κ3) is 3.85. The Morgan fingerprint density at radius 1 is 1.25 bits per heavy atom. The summed E-state index contributed by atoms with van der Waals surface area (Å²) in [6, 6.07) is 11.1. The molecule has 5 heteroatoms. The molecule has 1 atom stereocenters. The number of pyridine rings is 1. The van der Waals surface area contributed by atoms with E-state index >= 15 is 0 Å². The Morgan fingerprint density at radius 3 is 2.71 bits per heavy atom. The number of piperidine rings is 1. The lowest BCUT2D eigenvalue weighted by molar-refractivity contribution is 0.363. The Morgan fingerprint density at radius 2 is 2.04 bits per heavy atom. The van der Waals surface area contributed by atoms with E-state index < -0.39 is 0 Å². The third-order valence-corrected chi connectivity index (χ3v) is 4.61. The van der Waals surface area contributed by atoms with Crippen molar-refractivity contribution in [1.29, 1.82) is 0 Å². The maximum absolute atomic E-state index is 13.6. The molecule has 0 aliphatic carbocycles. The van der Waals surface area contributed by atoms with Crippen LogP contribution in [0.25, 0.3) is 0 Å². The van der Waals surface area contributed by atoms with Crippen molar-refractivity contribution in [3.05, 3.63) is 54.0 Å². The van der Waals surface area contributed by atoms with Crippen LogP contribution in [-0.2, 0) is 0 Å². The monoisotopic (exact) mass is 329 g/mol. The van der Waals surface area contributed by atoms with Gasteiger partial charge >= 0.3 is 0 Å². The van der Waals surface area contributed by atoms with Crippen molar-refractivity contribution in [1.82, 2.24) is 10.3 Å². The van der Waals surface area contributed by atoms with Crippen molar-refractivity contribution in [3.63, 3.8) is 0 Å². The average molecular weight is 329 g/mol. The fourth-order valence-electron chi connectivity index (χ4n) is 3.30. The zero-order chi connectivity index (χ0) is 16.9. The number of aromatic nitrogens is 1. The fourth-order valence-corrected chi connectivity index (χ4v) is 3.30. The predicted molar refractivity (Wildman–Crippen MR) is 94.0 cm³/mol. The molecule has 1 aliphatic rings. The van der Waals surface area contributed by atoms with Gasteiger partial charge in [0.1, 0.15) is 17.4 Å². The second kappa shape index (κ2) is 7.62. The number of methoxy groups -OCH3 is 1. The number of anilines is 1. The second-order valence-electron chi connectivity index (χ2n) is 6.22. The summed E-state index contributed by atoms with van der Waals surface area (Å²) in [6.07, 6.45) is 3.91. The molecule has 0 radical (unpaired) electrons. The van der Waals surface area contributed by atoms with E-state index in [0.29, 0.717) is 6.04 Å². The summed E-state index contributed by atoms with van der Waals surface area (Å²) in [7, 11) is 1.62. The van der Waals surface area contributed by atoms with E-state index in [2.05, 4.69) is 22.1 Å². The van der Waals surface area contributed by atoms with Crippen LogP contribution >= 0.6 is 0 Å². The lowest BCUT2D eigenvalue weighted by Gasteiger charge is -2.34. The largest absolute Gasteiger partial charge is 0.496 e. The molecular weight excluding hydrogens is 305 g/mol. The van der Waals surface area contributed by atoms with Crippen molar-refractivity contribution in [2.75, 3.05) is 25.1 Å². The van der Waals surface area contributed by atoms with E-state index in [1.165, 1.54) is 6.07 Å². The Labute approximate surface area is 142 Å². The van der Waals surface area contributed by atoms with Crippen LogP contribution in [-0.4, -0.2) is 31.2 Å². The van der Waals surface area contributed by atoms with Gasteiger partial charge in [-0.3, -0.25) is 0 Å². The lowest BCUT2D eigenvalue weighted by Crippen LogP contribution is -2.43. The minimum Gasteiger partial charge on any atom is -0.496 e. The minimum atomic E-state index is -0.232. The van der Waals surface area contributed by atoms with Gasteiger partial charge < -0.3 is 15.0 Å². The van der Waals surface area contributed by atoms with Crippen molar-refractivity contribution in [2.45, 2.75) is 31.8 Å². The Hall–Kier alpha value is -2.14. The number of hydrogen-bond acceptors (Lipinski definition) is 4. The number of hydrogen-bond donors (Lipinski definition) is 1. The minimum absolute atomic E-state index is 0.0436. The smallest absolute Gasteiger partial charge is 0.128 e. The number of benzene rings is 1. The third-order valence-electron chi connectivity index (χ3n) is 4.61. The molecular formula is C19H24FN3O. The average Bonchev–Trinajstić information content (AvgIpc) is 2.63. The first-order chi connectivity index (χ1) is 11.7. The highest BCUT2D eigenvalue weighted by Gasteiger charge is 2.22. The first-order valence-electron chi connectivity index (χ1n) is 8.43. The number of nitrogens with zero attached hydrogens (tertiary/aromatic N) is 2. The maximum Gasteiger partial charge on any atom is 0.128 e. The van der Waals surface area contributed by atoms with Crippen LogP contribution in [0.2, 0.25) is 0 Å². The molecule has 2 heterocycles. The van der Waals surface area contributed by atoms with Crippen LogP contribution < -0.4 is 15.0 Å². The summed E-state index contributed by atoms with van der Waals surface area (Å²) in [4.78, 5) is 6.73. The molecule has 0 unspecified atom stereocenters. The van der Waals surface area contributed by atoms with E-state index in [-0.39, 0.29) is 11.9 Å². The lowest BCUT2D eigenvalue weighted by atomic mass is 10.0. The predicted octanol–water partition coefficient (Wildman–Crippen LogP) is 3.55. The van der Waals surface area contributed by atoms with Gasteiger partial charge in [0.2, 0.25) is 0 Å². The summed E-state index contributed by atoms with van der Waals surface area (Å²) in [5.74, 6) is 1.53. The van der Waals surface area contributed by atoms with Crippen molar-refractivity contribution >= 4 is 5.82 Å². The highest BCUT2D eigenvalue weighted by atomic mass is 19.1. The molecule has 0 spiro atoms. The summed E-state index contributed by atoms with van der Waals surface area (Å²) in [5.41, 5.74) is 0.865. The molecule has 1 aliphatic heterocycles. The molecule has 0 saturated carbocycles. The van der Waals surface area contributed by atoms with Gasteiger partial charge in [0, 0.05) is 36.9 Å². The molecule has 24 heavy (non-hydrogen) atoms. The van der Waals surface area contributed by atoms with E-state index in [1.807, 2.05) is 24.4 Å². The van der Waals surface area contributed by atoms with Gasteiger partial charge in [-0.15, -0.1) is 0 Å². The molecule has 1 N–H and O–H groups in total. The van der Waals surface area contributed by atoms with Gasteiger partial charge in [-0.05, 0) is 50.1 Å². The van der Waals surface area contributed by atoms with Gasteiger partial charge in [0.05, 0.1) is 7.11 Å². The number of nitrogens with one attached hydrogen (secondary N) is 1. The van der Waals surface area contributed by atoms with Gasteiger partial charge in [0.15, 0.2) is 0 Å². The van der Waals surface area contributed by atoms with Gasteiger partial charge in [-0.2, -0.15) is 0 Å². The summed E-state index contributed by atoms with van der Waals surface area (Å²) < 4.78 is 18.9. The Kier molecular flexibility index (Phi) is 5.30. The molecule has 2 aromatic rings. The Bertz CT molecular complexity index is 657. The topological polar surface area (TPSA) is 37.4 Å². The molecule has 1 fully saturated rings. The number of rotatable bonds is 5. The summed E-state index contributed by atoms with van der Waals surface area (Å²) in [6.45, 7) is 4.01. The number of ether oxygens (including phenoxy) is 1. The van der Waals surface area contributed by atoms with E-state index in [1.54, 1.807) is 19.2 Å². The highest BCUT2D eigenvalue weighted by molar-refractivity contribution is 5.38. The molecule has 3 rings (SSSR count). The van der Waals surface area contributed by atoms with Crippen LogP contribution in [0.3, 0.4) is 0 Å². The standard InChI is InChI=1S/C19H24FN3O/c1-14(17-13-15(20)6-7-18(17)24-2)22-16-8-11-23(12-9-16)19-5-3-4-10-21-19/h3-7,10,13-14,16,22H,8-9,11-12H2,1-2H3/t14-/m1/s1. The molecule has 4 nitrogen and oxygen atoms in total. The maximum atomic E-state index is 13.6. The summed E-state index contributed by atoms with van der Waals surface area (Å²) in [5, 5.41) is 3.62. The van der Waals surface area contributed by atoms with Crippen molar-refractivity contribution in [2.24, 2.45) is 0 Å². The van der Waals surface area contributed by atoms with Crippen LogP contribution in [0.4, 0.5) is 10.2 Å². The van der Waals surface area contributed by atoms with Crippen LogP contribution in [0.15, 0.2) is 42.6 Å². The van der Waals surface area contributed by atoms with Crippen LogP contribution in [0, 0.1) is 5.82 Å². The fraction of sp³-hybridized carbons (Fsp3) is 0.421. The first kappa shape index (κ1) is 16.7.